The number of rotatable bonds is 4. The molecular weight excluding hydrogens is 278 g/mol. The molecule has 1 N–H and O–H groups in total. The molecule has 0 aromatic heterocycles. The Balaban J connectivity index is 2.00. The van der Waals surface area contributed by atoms with Crippen LogP contribution in [0.2, 0.25) is 0 Å². The zero-order chi connectivity index (χ0) is 12.3. The van der Waals surface area contributed by atoms with Gasteiger partial charge in [-0.2, -0.15) is 0 Å². The van der Waals surface area contributed by atoms with Gasteiger partial charge in [0.2, 0.25) is 0 Å². The van der Waals surface area contributed by atoms with Gasteiger partial charge in [-0.1, -0.05) is 28.9 Å². The van der Waals surface area contributed by atoms with E-state index in [1.54, 1.807) is 0 Å². The Labute approximate surface area is 111 Å². The highest BCUT2D eigenvalue weighted by atomic mass is 79.9. The third kappa shape index (κ3) is 3.09. The van der Waals surface area contributed by atoms with Gasteiger partial charge in [-0.15, -0.1) is 0 Å². The van der Waals surface area contributed by atoms with Crippen molar-refractivity contribution in [2.75, 3.05) is 6.54 Å². The first-order valence-corrected chi connectivity index (χ1v) is 7.16. The molecule has 2 rings (SSSR count). The third-order valence-electron chi connectivity index (χ3n) is 3.29. The Bertz CT molecular complexity index is 417. The minimum atomic E-state index is 0.0394. The summed E-state index contributed by atoms with van der Waals surface area (Å²) in [6, 6.07) is 6.09. The minimum absolute atomic E-state index is 0.0394. The number of carbonyl (C=O) groups excluding carboxylic acids is 1. The number of hydrogen-bond donors (Lipinski definition) is 1. The van der Waals surface area contributed by atoms with Crippen molar-refractivity contribution in [3.63, 3.8) is 0 Å². The van der Waals surface area contributed by atoms with Gasteiger partial charge in [-0.25, -0.2) is 0 Å². The number of aryl methyl sites for hydroxylation is 2. The minimum Gasteiger partial charge on any atom is -0.351 e. The molecule has 2 nitrogen and oxygen atoms in total. The summed E-state index contributed by atoms with van der Waals surface area (Å²) >= 11 is 3.51. The lowest BCUT2D eigenvalue weighted by molar-refractivity contribution is 0.0954. The topological polar surface area (TPSA) is 29.1 Å². The molecule has 0 aliphatic heterocycles. The van der Waals surface area contributed by atoms with Gasteiger partial charge in [0.15, 0.2) is 0 Å². The van der Waals surface area contributed by atoms with Crippen LogP contribution in [0.25, 0.3) is 0 Å². The summed E-state index contributed by atoms with van der Waals surface area (Å²) in [4.78, 5) is 12.3. The molecule has 17 heavy (non-hydrogen) atoms. The quantitative estimate of drug-likeness (QED) is 0.850. The van der Waals surface area contributed by atoms with Gasteiger partial charge in [0.05, 0.1) is 0 Å². The fourth-order valence-electron chi connectivity index (χ4n) is 2.16. The van der Waals surface area contributed by atoms with Crippen LogP contribution < -0.4 is 5.32 Å². The fraction of sp³-hybridized carbons (Fsp3) is 0.500. The molecule has 1 atom stereocenters. The largest absolute Gasteiger partial charge is 0.351 e. The molecule has 1 aromatic rings. The lowest BCUT2D eigenvalue weighted by Crippen LogP contribution is -2.29. The zero-order valence-corrected chi connectivity index (χ0v) is 11.7. The summed E-state index contributed by atoms with van der Waals surface area (Å²) in [5.41, 5.74) is 3.55. The van der Waals surface area contributed by atoms with Gasteiger partial charge in [-0.05, 0) is 48.9 Å². The van der Waals surface area contributed by atoms with E-state index in [1.165, 1.54) is 17.5 Å². The number of fused-ring (bicyclic) bond motifs is 1. The molecule has 92 valence electrons. The second kappa shape index (κ2) is 5.67. The maximum Gasteiger partial charge on any atom is 0.251 e. The Morgan fingerprint density at radius 1 is 1.41 bits per heavy atom. The predicted molar refractivity (Wildman–Crippen MR) is 73.8 cm³/mol. The molecule has 1 aliphatic carbocycles. The van der Waals surface area contributed by atoms with E-state index in [9.17, 15) is 4.79 Å². The van der Waals surface area contributed by atoms with E-state index < -0.39 is 0 Å². The van der Waals surface area contributed by atoms with Crippen LogP contribution in [0.15, 0.2) is 18.2 Å². The first-order chi connectivity index (χ1) is 8.20. The predicted octanol–water partition coefficient (Wildman–Crippen LogP) is 3.08. The maximum atomic E-state index is 11.9. The molecule has 1 unspecified atom stereocenters. The Kier molecular flexibility index (Phi) is 4.21. The van der Waals surface area contributed by atoms with E-state index in [0.717, 1.165) is 24.8 Å². The molecule has 0 heterocycles. The average Bonchev–Trinajstić information content (AvgIpc) is 2.82. The Hall–Kier alpha value is -0.830. The van der Waals surface area contributed by atoms with Crippen molar-refractivity contribution in [2.24, 2.45) is 0 Å². The van der Waals surface area contributed by atoms with E-state index in [4.69, 9.17) is 0 Å². The third-order valence-corrected chi connectivity index (χ3v) is 4.26. The second-order valence-corrected chi connectivity index (χ2v) is 5.85. The molecule has 0 radical (unpaired) electrons. The zero-order valence-electron chi connectivity index (χ0n) is 10.1. The van der Waals surface area contributed by atoms with Crippen molar-refractivity contribution in [1.29, 1.82) is 0 Å². The van der Waals surface area contributed by atoms with Crippen LogP contribution in [0.5, 0.6) is 0 Å². The van der Waals surface area contributed by atoms with Crippen LogP contribution in [0.4, 0.5) is 0 Å². The summed E-state index contributed by atoms with van der Waals surface area (Å²) in [6.45, 7) is 2.79. The standard InChI is InChI=1S/C14H18BrNO/c1-2-13(15)9-16-14(17)12-7-6-10-4-3-5-11(10)8-12/h6-8,13H,2-5,9H2,1H3,(H,16,17). The van der Waals surface area contributed by atoms with Crippen molar-refractivity contribution in [1.82, 2.24) is 5.32 Å². The van der Waals surface area contributed by atoms with E-state index >= 15 is 0 Å². The second-order valence-electron chi connectivity index (χ2n) is 4.55. The Morgan fingerprint density at radius 3 is 2.94 bits per heavy atom. The molecule has 3 heteroatoms. The number of benzene rings is 1. The molecule has 0 saturated heterocycles. The normalized spacial score (nSPS) is 15.4. The van der Waals surface area contributed by atoms with Gasteiger partial charge < -0.3 is 5.32 Å². The number of alkyl halides is 1. The SMILES string of the molecule is CCC(Br)CNC(=O)c1ccc2c(c1)CCC2. The summed E-state index contributed by atoms with van der Waals surface area (Å²) in [5, 5.41) is 2.96. The monoisotopic (exact) mass is 295 g/mol. The highest BCUT2D eigenvalue weighted by Gasteiger charge is 2.14. The van der Waals surface area contributed by atoms with Crippen molar-refractivity contribution >= 4 is 21.8 Å². The fourth-order valence-corrected chi connectivity index (χ4v) is 2.32. The van der Waals surface area contributed by atoms with Crippen molar-refractivity contribution < 1.29 is 4.79 Å². The van der Waals surface area contributed by atoms with Crippen LogP contribution in [0.3, 0.4) is 0 Å². The highest BCUT2D eigenvalue weighted by Crippen LogP contribution is 2.22. The van der Waals surface area contributed by atoms with Crippen LogP contribution in [0, 0.1) is 0 Å². The van der Waals surface area contributed by atoms with Crippen molar-refractivity contribution in [3.8, 4) is 0 Å². The summed E-state index contributed by atoms with van der Waals surface area (Å²) < 4.78 is 0. The number of halogens is 1. The van der Waals surface area contributed by atoms with Crippen LogP contribution in [-0.2, 0) is 12.8 Å². The molecule has 1 amide bonds. The number of carbonyl (C=O) groups is 1. The number of amides is 1. The first-order valence-electron chi connectivity index (χ1n) is 6.24. The lowest BCUT2D eigenvalue weighted by Gasteiger charge is -2.09. The van der Waals surface area contributed by atoms with Crippen LogP contribution in [0.1, 0.15) is 41.3 Å². The van der Waals surface area contributed by atoms with Gasteiger partial charge in [0.1, 0.15) is 0 Å². The van der Waals surface area contributed by atoms with Crippen LogP contribution in [-0.4, -0.2) is 17.3 Å². The van der Waals surface area contributed by atoms with Crippen molar-refractivity contribution in [2.45, 2.75) is 37.4 Å². The molecule has 0 fully saturated rings. The molecule has 1 aliphatic rings. The maximum absolute atomic E-state index is 11.9. The summed E-state index contributed by atoms with van der Waals surface area (Å²) in [5.74, 6) is 0.0394. The van der Waals surface area contributed by atoms with Gasteiger partial charge in [0.25, 0.3) is 5.91 Å². The van der Waals surface area contributed by atoms with E-state index in [2.05, 4.69) is 34.2 Å². The highest BCUT2D eigenvalue weighted by molar-refractivity contribution is 9.09. The molecule has 0 saturated carbocycles. The van der Waals surface area contributed by atoms with Crippen molar-refractivity contribution in [3.05, 3.63) is 34.9 Å². The summed E-state index contributed by atoms with van der Waals surface area (Å²) in [6.07, 6.45) is 4.52. The summed E-state index contributed by atoms with van der Waals surface area (Å²) in [7, 11) is 0. The number of hydrogen-bond acceptors (Lipinski definition) is 1. The van der Waals surface area contributed by atoms with E-state index in [1.807, 2.05) is 12.1 Å². The molecule has 0 spiro atoms. The van der Waals surface area contributed by atoms with E-state index in [-0.39, 0.29) is 5.91 Å². The first kappa shape index (κ1) is 12.6. The van der Waals surface area contributed by atoms with Crippen LogP contribution >= 0.6 is 15.9 Å². The van der Waals surface area contributed by atoms with Gasteiger partial charge in [-0.3, -0.25) is 4.79 Å². The number of nitrogens with one attached hydrogen (secondary N) is 1. The van der Waals surface area contributed by atoms with Gasteiger partial charge >= 0.3 is 0 Å². The van der Waals surface area contributed by atoms with Gasteiger partial charge in [0, 0.05) is 16.9 Å². The lowest BCUT2D eigenvalue weighted by atomic mass is 10.1. The Morgan fingerprint density at radius 2 is 2.18 bits per heavy atom. The smallest absolute Gasteiger partial charge is 0.251 e. The average molecular weight is 296 g/mol. The molecule has 0 bridgehead atoms. The van der Waals surface area contributed by atoms with E-state index in [0.29, 0.717) is 11.4 Å². The molecule has 1 aromatic carbocycles. The molecular formula is C14H18BrNO.